The molecule has 0 unspecified atom stereocenters. The molecule has 0 spiro atoms. The van der Waals surface area contributed by atoms with Crippen LogP contribution in [-0.2, 0) is 6.61 Å². The fourth-order valence-corrected chi connectivity index (χ4v) is 2.03. The van der Waals surface area contributed by atoms with Crippen molar-refractivity contribution in [1.82, 2.24) is 4.98 Å². The third kappa shape index (κ3) is 4.16. The maximum atomic E-state index is 5.82. The molecule has 0 aliphatic carbocycles. The summed E-state index contributed by atoms with van der Waals surface area (Å²) in [6, 6.07) is 7.49. The van der Waals surface area contributed by atoms with Crippen LogP contribution in [0.15, 0.2) is 36.7 Å². The van der Waals surface area contributed by atoms with Gasteiger partial charge in [-0.15, -0.1) is 0 Å². The molecule has 110 valence electrons. The number of pyridine rings is 1. The van der Waals surface area contributed by atoms with Crippen LogP contribution in [-0.4, -0.2) is 16.6 Å². The lowest BCUT2D eigenvalue weighted by molar-refractivity contribution is 0.269. The van der Waals surface area contributed by atoms with Gasteiger partial charge in [-0.2, -0.15) is 0 Å². The Balaban J connectivity index is 2.16. The summed E-state index contributed by atoms with van der Waals surface area (Å²) in [5.41, 5.74) is 8.51. The summed E-state index contributed by atoms with van der Waals surface area (Å²) in [6.45, 7) is 4.89. The molecule has 21 heavy (non-hydrogen) atoms. The summed E-state index contributed by atoms with van der Waals surface area (Å²) in [5.74, 6) is 1.31. The Labute approximate surface area is 129 Å². The summed E-state index contributed by atoms with van der Waals surface area (Å²) >= 11 is 4.98. The van der Waals surface area contributed by atoms with E-state index in [-0.39, 0.29) is 0 Å². The van der Waals surface area contributed by atoms with Crippen molar-refractivity contribution in [2.75, 3.05) is 6.61 Å². The maximum Gasteiger partial charge on any atom is 0.161 e. The molecule has 4 nitrogen and oxygen atoms in total. The molecule has 1 heterocycles. The lowest BCUT2D eigenvalue weighted by Gasteiger charge is -2.13. The molecule has 0 bridgehead atoms. The van der Waals surface area contributed by atoms with Gasteiger partial charge in [-0.1, -0.05) is 12.2 Å². The zero-order valence-electron chi connectivity index (χ0n) is 12.1. The second kappa shape index (κ2) is 7.04. The fraction of sp³-hybridized carbons (Fsp3) is 0.250. The average molecular weight is 302 g/mol. The molecule has 0 radical (unpaired) electrons. The molecule has 2 rings (SSSR count). The van der Waals surface area contributed by atoms with Gasteiger partial charge in [-0.05, 0) is 43.7 Å². The topological polar surface area (TPSA) is 57.4 Å². The predicted molar refractivity (Wildman–Crippen MR) is 86.8 cm³/mol. The van der Waals surface area contributed by atoms with Crippen LogP contribution in [0.4, 0.5) is 0 Å². The second-order valence-corrected chi connectivity index (χ2v) is 5.06. The summed E-state index contributed by atoms with van der Waals surface area (Å²) in [6.07, 6.45) is 3.60. The van der Waals surface area contributed by atoms with Gasteiger partial charge < -0.3 is 15.2 Å². The highest BCUT2D eigenvalue weighted by Crippen LogP contribution is 2.29. The van der Waals surface area contributed by atoms with Crippen molar-refractivity contribution in [2.24, 2.45) is 5.73 Å². The van der Waals surface area contributed by atoms with Crippen molar-refractivity contribution in [3.8, 4) is 11.5 Å². The zero-order chi connectivity index (χ0) is 15.2. The van der Waals surface area contributed by atoms with Gasteiger partial charge in [-0.25, -0.2) is 0 Å². The standard InChI is InChI=1S/C16H18N2O2S/c1-3-19-15-7-13(16(17)21)4-5-14(15)20-10-12-6-11(2)8-18-9-12/h4-9H,3,10H2,1-2H3,(H2,17,21). The second-order valence-electron chi connectivity index (χ2n) is 4.62. The highest BCUT2D eigenvalue weighted by Gasteiger charge is 2.08. The summed E-state index contributed by atoms with van der Waals surface area (Å²) < 4.78 is 11.4. The third-order valence-corrected chi connectivity index (χ3v) is 3.09. The predicted octanol–water partition coefficient (Wildman–Crippen LogP) is 3.00. The Hall–Kier alpha value is -2.14. The number of hydrogen-bond acceptors (Lipinski definition) is 4. The first kappa shape index (κ1) is 15.3. The first-order chi connectivity index (χ1) is 10.1. The Morgan fingerprint density at radius 2 is 2.00 bits per heavy atom. The largest absolute Gasteiger partial charge is 0.490 e. The minimum Gasteiger partial charge on any atom is -0.490 e. The van der Waals surface area contributed by atoms with Crippen LogP contribution in [0.5, 0.6) is 11.5 Å². The van der Waals surface area contributed by atoms with Crippen LogP contribution >= 0.6 is 12.2 Å². The lowest BCUT2D eigenvalue weighted by atomic mass is 10.2. The number of rotatable bonds is 6. The van der Waals surface area contributed by atoms with Crippen LogP contribution in [0.2, 0.25) is 0 Å². The van der Waals surface area contributed by atoms with Crippen molar-refractivity contribution < 1.29 is 9.47 Å². The fourth-order valence-electron chi connectivity index (χ4n) is 1.91. The summed E-state index contributed by atoms with van der Waals surface area (Å²) in [5, 5.41) is 0. The van der Waals surface area contributed by atoms with E-state index in [1.54, 1.807) is 12.3 Å². The van der Waals surface area contributed by atoms with E-state index in [0.717, 1.165) is 16.7 Å². The Bertz CT molecular complexity index is 644. The van der Waals surface area contributed by atoms with E-state index in [4.69, 9.17) is 27.4 Å². The van der Waals surface area contributed by atoms with Crippen molar-refractivity contribution in [3.63, 3.8) is 0 Å². The van der Waals surface area contributed by atoms with E-state index < -0.39 is 0 Å². The van der Waals surface area contributed by atoms with Crippen LogP contribution in [0, 0.1) is 6.92 Å². The highest BCUT2D eigenvalue weighted by molar-refractivity contribution is 7.80. The smallest absolute Gasteiger partial charge is 0.161 e. The molecule has 0 aliphatic rings. The third-order valence-electron chi connectivity index (χ3n) is 2.85. The lowest BCUT2D eigenvalue weighted by Crippen LogP contribution is -2.10. The number of aryl methyl sites for hydroxylation is 1. The minimum absolute atomic E-state index is 0.338. The number of hydrogen-bond donors (Lipinski definition) is 1. The molecule has 5 heteroatoms. The van der Waals surface area contributed by atoms with Gasteiger partial charge in [0, 0.05) is 23.5 Å². The van der Waals surface area contributed by atoms with E-state index in [1.807, 2.05) is 38.2 Å². The zero-order valence-corrected chi connectivity index (χ0v) is 12.9. The number of benzene rings is 1. The Kier molecular flexibility index (Phi) is 5.11. The molecule has 0 saturated heterocycles. The van der Waals surface area contributed by atoms with Crippen LogP contribution in [0.3, 0.4) is 0 Å². The molecule has 0 fully saturated rings. The maximum absolute atomic E-state index is 5.82. The van der Waals surface area contributed by atoms with Crippen LogP contribution in [0.1, 0.15) is 23.6 Å². The molecule has 2 N–H and O–H groups in total. The van der Waals surface area contributed by atoms with E-state index in [0.29, 0.717) is 29.7 Å². The highest BCUT2D eigenvalue weighted by atomic mass is 32.1. The molecule has 0 amide bonds. The van der Waals surface area contributed by atoms with E-state index in [2.05, 4.69) is 4.98 Å². The van der Waals surface area contributed by atoms with Gasteiger partial charge in [0.1, 0.15) is 11.6 Å². The van der Waals surface area contributed by atoms with Crippen molar-refractivity contribution in [3.05, 3.63) is 53.3 Å². The quantitative estimate of drug-likeness (QED) is 0.831. The number of aromatic nitrogens is 1. The molecule has 0 atom stereocenters. The molecule has 1 aromatic heterocycles. The van der Waals surface area contributed by atoms with Crippen molar-refractivity contribution in [2.45, 2.75) is 20.5 Å². The van der Waals surface area contributed by atoms with Gasteiger partial charge in [0.2, 0.25) is 0 Å². The number of thiocarbonyl (C=S) groups is 1. The summed E-state index contributed by atoms with van der Waals surface area (Å²) in [7, 11) is 0. The van der Waals surface area contributed by atoms with Crippen LogP contribution < -0.4 is 15.2 Å². The summed E-state index contributed by atoms with van der Waals surface area (Å²) in [4.78, 5) is 4.49. The molecular formula is C16H18N2O2S. The first-order valence-corrected chi connectivity index (χ1v) is 7.11. The molecule has 0 saturated carbocycles. The number of nitrogens with zero attached hydrogens (tertiary/aromatic N) is 1. The van der Waals surface area contributed by atoms with E-state index in [1.165, 1.54) is 0 Å². The number of ether oxygens (including phenoxy) is 2. The van der Waals surface area contributed by atoms with Crippen molar-refractivity contribution >= 4 is 17.2 Å². The van der Waals surface area contributed by atoms with E-state index >= 15 is 0 Å². The van der Waals surface area contributed by atoms with Gasteiger partial charge >= 0.3 is 0 Å². The van der Waals surface area contributed by atoms with Crippen LogP contribution in [0.25, 0.3) is 0 Å². The normalized spacial score (nSPS) is 10.2. The van der Waals surface area contributed by atoms with E-state index in [9.17, 15) is 0 Å². The van der Waals surface area contributed by atoms with Gasteiger partial charge in [-0.3, -0.25) is 4.98 Å². The van der Waals surface area contributed by atoms with Gasteiger partial charge in [0.25, 0.3) is 0 Å². The SMILES string of the molecule is CCOc1cc(C(N)=S)ccc1OCc1cncc(C)c1. The Morgan fingerprint density at radius 1 is 1.19 bits per heavy atom. The molecule has 2 aromatic rings. The van der Waals surface area contributed by atoms with Crippen molar-refractivity contribution in [1.29, 1.82) is 0 Å². The monoisotopic (exact) mass is 302 g/mol. The number of nitrogens with two attached hydrogens (primary N) is 1. The van der Waals surface area contributed by atoms with Gasteiger partial charge in [0.15, 0.2) is 11.5 Å². The minimum atomic E-state index is 0.338. The molecule has 1 aromatic carbocycles. The molecular weight excluding hydrogens is 284 g/mol. The average Bonchev–Trinajstić information content (AvgIpc) is 2.46. The first-order valence-electron chi connectivity index (χ1n) is 6.70. The van der Waals surface area contributed by atoms with Gasteiger partial charge in [0.05, 0.1) is 6.61 Å². The Morgan fingerprint density at radius 3 is 2.67 bits per heavy atom. The molecule has 0 aliphatic heterocycles.